The van der Waals surface area contributed by atoms with Crippen molar-refractivity contribution in [3.63, 3.8) is 0 Å². The molecule has 0 bridgehead atoms. The average molecular weight is 330 g/mol. The van der Waals surface area contributed by atoms with Crippen LogP contribution in [0, 0.1) is 5.92 Å². The van der Waals surface area contributed by atoms with Crippen LogP contribution >= 0.6 is 0 Å². The van der Waals surface area contributed by atoms with E-state index in [1.165, 1.54) is 0 Å². The molecule has 2 heterocycles. The van der Waals surface area contributed by atoms with E-state index >= 15 is 0 Å². The number of hydrogen-bond acceptors (Lipinski definition) is 3. The zero-order valence-electron chi connectivity index (χ0n) is 14.5. The highest BCUT2D eigenvalue weighted by Gasteiger charge is 2.44. The molecule has 1 spiro atoms. The van der Waals surface area contributed by atoms with E-state index in [4.69, 9.17) is 4.74 Å². The minimum Gasteiger partial charge on any atom is -0.361 e. The Kier molecular flexibility index (Phi) is 4.90. The Balaban J connectivity index is 1.75. The number of piperidine rings is 1. The van der Waals surface area contributed by atoms with Crippen LogP contribution in [0.4, 0.5) is 5.69 Å². The Morgan fingerprint density at radius 2 is 2.00 bits per heavy atom. The molecule has 2 saturated heterocycles. The summed E-state index contributed by atoms with van der Waals surface area (Å²) >= 11 is 0. The molecule has 1 unspecified atom stereocenters. The molecule has 0 saturated carbocycles. The molecule has 5 heteroatoms. The van der Waals surface area contributed by atoms with E-state index in [2.05, 4.69) is 13.8 Å². The topological polar surface area (TPSA) is 49.9 Å². The maximum Gasteiger partial charge on any atom is 0.253 e. The fourth-order valence-corrected chi connectivity index (χ4v) is 3.59. The maximum atomic E-state index is 12.4. The molecule has 2 aliphatic rings. The number of amides is 2. The number of rotatable bonds is 3. The van der Waals surface area contributed by atoms with Gasteiger partial charge in [0.15, 0.2) is 0 Å². The first-order chi connectivity index (χ1) is 11.5. The summed E-state index contributed by atoms with van der Waals surface area (Å²) in [6.07, 6.45) is 2.37. The fourth-order valence-electron chi connectivity index (χ4n) is 3.59. The first-order valence-electron chi connectivity index (χ1n) is 8.76. The summed E-state index contributed by atoms with van der Waals surface area (Å²) < 4.78 is 5.97. The van der Waals surface area contributed by atoms with Crippen molar-refractivity contribution in [2.75, 3.05) is 31.1 Å². The van der Waals surface area contributed by atoms with Crippen LogP contribution in [-0.2, 0) is 14.3 Å². The number of morpholine rings is 1. The zero-order valence-corrected chi connectivity index (χ0v) is 14.5. The maximum absolute atomic E-state index is 12.4. The van der Waals surface area contributed by atoms with Gasteiger partial charge in [0.1, 0.15) is 12.2 Å². The Labute approximate surface area is 143 Å². The van der Waals surface area contributed by atoms with Gasteiger partial charge in [-0.25, -0.2) is 0 Å². The second kappa shape index (κ2) is 6.93. The smallest absolute Gasteiger partial charge is 0.253 e. The molecule has 0 radical (unpaired) electrons. The third kappa shape index (κ3) is 3.61. The lowest BCUT2D eigenvalue weighted by atomic mass is 9.90. The molecule has 2 amide bonds. The molecule has 1 aromatic rings. The standard InChI is InChI=1S/C19H26N2O3/c1-15(2)11-17(22)20-10-6-9-19(13-20)14-21(18(23)12-24-19)16-7-4-3-5-8-16/h3-5,7-8,15H,6,9-14H2,1-2H3. The summed E-state index contributed by atoms with van der Waals surface area (Å²) in [6.45, 7) is 6.09. The number of carbonyl (C=O) groups is 2. The molecule has 2 fully saturated rings. The molecular weight excluding hydrogens is 304 g/mol. The molecule has 24 heavy (non-hydrogen) atoms. The predicted octanol–water partition coefficient (Wildman–Crippen LogP) is 2.46. The number of anilines is 1. The van der Waals surface area contributed by atoms with Gasteiger partial charge in [-0.15, -0.1) is 0 Å². The average Bonchev–Trinajstić information content (AvgIpc) is 2.58. The van der Waals surface area contributed by atoms with Crippen LogP contribution in [-0.4, -0.2) is 48.6 Å². The van der Waals surface area contributed by atoms with Crippen LogP contribution in [0.15, 0.2) is 30.3 Å². The second-order valence-corrected chi connectivity index (χ2v) is 7.30. The first-order valence-corrected chi connectivity index (χ1v) is 8.76. The molecule has 0 aromatic heterocycles. The lowest BCUT2D eigenvalue weighted by Crippen LogP contribution is -2.62. The van der Waals surface area contributed by atoms with Gasteiger partial charge < -0.3 is 14.5 Å². The first kappa shape index (κ1) is 17.0. The Bertz CT molecular complexity index is 602. The normalized spacial score (nSPS) is 24.7. The van der Waals surface area contributed by atoms with Crippen LogP contribution in [0.5, 0.6) is 0 Å². The van der Waals surface area contributed by atoms with Gasteiger partial charge in [0.05, 0.1) is 13.1 Å². The number of benzene rings is 1. The Morgan fingerprint density at radius 3 is 2.71 bits per heavy atom. The fraction of sp³-hybridized carbons (Fsp3) is 0.579. The highest BCUT2D eigenvalue weighted by atomic mass is 16.5. The van der Waals surface area contributed by atoms with E-state index in [1.807, 2.05) is 35.2 Å². The molecule has 0 N–H and O–H groups in total. The Hall–Kier alpha value is -1.88. The van der Waals surface area contributed by atoms with Crippen molar-refractivity contribution in [1.29, 1.82) is 0 Å². The van der Waals surface area contributed by atoms with E-state index in [1.54, 1.807) is 4.90 Å². The van der Waals surface area contributed by atoms with Crippen LogP contribution in [0.3, 0.4) is 0 Å². The van der Waals surface area contributed by atoms with Gasteiger partial charge in [-0.2, -0.15) is 0 Å². The van der Waals surface area contributed by atoms with Crippen molar-refractivity contribution < 1.29 is 14.3 Å². The second-order valence-electron chi connectivity index (χ2n) is 7.30. The molecule has 3 rings (SSSR count). The van der Waals surface area contributed by atoms with Gasteiger partial charge in [-0.3, -0.25) is 9.59 Å². The van der Waals surface area contributed by atoms with E-state index in [9.17, 15) is 9.59 Å². The molecule has 5 nitrogen and oxygen atoms in total. The highest BCUT2D eigenvalue weighted by molar-refractivity contribution is 5.95. The van der Waals surface area contributed by atoms with Crippen LogP contribution in [0.2, 0.25) is 0 Å². The number of nitrogens with zero attached hydrogens (tertiary/aromatic N) is 2. The van der Waals surface area contributed by atoms with Gasteiger partial charge in [0.2, 0.25) is 5.91 Å². The molecule has 2 aliphatic heterocycles. The van der Waals surface area contributed by atoms with Gasteiger partial charge in [0, 0.05) is 18.7 Å². The SMILES string of the molecule is CC(C)CC(=O)N1CCCC2(C1)CN(c1ccccc1)C(=O)CO2. The van der Waals surface area contributed by atoms with E-state index < -0.39 is 5.60 Å². The monoisotopic (exact) mass is 330 g/mol. The minimum atomic E-state index is -0.436. The number of carbonyl (C=O) groups excluding carboxylic acids is 2. The number of ether oxygens (including phenoxy) is 1. The number of para-hydroxylation sites is 1. The van der Waals surface area contributed by atoms with Crippen molar-refractivity contribution in [1.82, 2.24) is 4.90 Å². The van der Waals surface area contributed by atoms with Crippen LogP contribution in [0.25, 0.3) is 0 Å². The molecule has 0 aliphatic carbocycles. The Morgan fingerprint density at radius 1 is 1.25 bits per heavy atom. The van der Waals surface area contributed by atoms with Crippen molar-refractivity contribution >= 4 is 17.5 Å². The molecular formula is C19H26N2O3. The van der Waals surface area contributed by atoms with Gasteiger partial charge in [0.25, 0.3) is 5.91 Å². The third-order valence-electron chi connectivity index (χ3n) is 4.79. The van der Waals surface area contributed by atoms with Crippen LogP contribution < -0.4 is 4.90 Å². The van der Waals surface area contributed by atoms with Gasteiger partial charge in [-0.1, -0.05) is 32.0 Å². The highest BCUT2D eigenvalue weighted by Crippen LogP contribution is 2.32. The third-order valence-corrected chi connectivity index (χ3v) is 4.79. The number of hydrogen-bond donors (Lipinski definition) is 0. The van der Waals surface area contributed by atoms with Crippen molar-refractivity contribution in [3.8, 4) is 0 Å². The molecule has 1 atom stereocenters. The molecule has 130 valence electrons. The summed E-state index contributed by atoms with van der Waals surface area (Å²) in [6, 6.07) is 9.70. The quantitative estimate of drug-likeness (QED) is 0.855. The van der Waals surface area contributed by atoms with Crippen molar-refractivity contribution in [2.45, 2.75) is 38.7 Å². The molecule has 1 aromatic carbocycles. The minimum absolute atomic E-state index is 0.0162. The lowest BCUT2D eigenvalue weighted by Gasteiger charge is -2.47. The zero-order chi connectivity index (χ0) is 17.2. The predicted molar refractivity (Wildman–Crippen MR) is 92.7 cm³/mol. The summed E-state index contributed by atoms with van der Waals surface area (Å²) in [5, 5.41) is 0. The van der Waals surface area contributed by atoms with Gasteiger partial charge >= 0.3 is 0 Å². The van der Waals surface area contributed by atoms with Crippen LogP contribution in [0.1, 0.15) is 33.1 Å². The summed E-state index contributed by atoms with van der Waals surface area (Å²) in [7, 11) is 0. The van der Waals surface area contributed by atoms with Crippen molar-refractivity contribution in [3.05, 3.63) is 30.3 Å². The van der Waals surface area contributed by atoms with E-state index in [-0.39, 0.29) is 18.4 Å². The summed E-state index contributed by atoms with van der Waals surface area (Å²) in [5.74, 6) is 0.526. The van der Waals surface area contributed by atoms with Crippen molar-refractivity contribution in [2.24, 2.45) is 5.92 Å². The van der Waals surface area contributed by atoms with E-state index in [0.717, 1.165) is 25.1 Å². The lowest BCUT2D eigenvalue weighted by molar-refractivity contribution is -0.153. The number of likely N-dealkylation sites (tertiary alicyclic amines) is 1. The largest absolute Gasteiger partial charge is 0.361 e. The van der Waals surface area contributed by atoms with E-state index in [0.29, 0.717) is 25.4 Å². The summed E-state index contributed by atoms with van der Waals surface area (Å²) in [5.41, 5.74) is 0.463. The summed E-state index contributed by atoms with van der Waals surface area (Å²) in [4.78, 5) is 28.5. The van der Waals surface area contributed by atoms with Gasteiger partial charge in [-0.05, 0) is 30.9 Å².